The van der Waals surface area contributed by atoms with E-state index in [1.54, 1.807) is 0 Å². The topological polar surface area (TPSA) is 41.6 Å². The highest BCUT2D eigenvalue weighted by Crippen LogP contribution is 2.30. The molecule has 0 aliphatic carbocycles. The quantitative estimate of drug-likeness (QED) is 0.367. The van der Waals surface area contributed by atoms with Crippen LogP contribution in [0.1, 0.15) is 24.5 Å². The van der Waals surface area contributed by atoms with Crippen molar-refractivity contribution in [3.8, 4) is 5.75 Å². The number of rotatable bonds is 9. The van der Waals surface area contributed by atoms with Crippen molar-refractivity contribution >= 4 is 22.7 Å². The van der Waals surface area contributed by atoms with Crippen LogP contribution in [0.15, 0.2) is 84.9 Å². The fraction of sp³-hybridized carbons (Fsp3) is 0.222. The highest BCUT2D eigenvalue weighted by molar-refractivity contribution is 6.31. The molecule has 4 nitrogen and oxygen atoms in total. The number of nitrogens with one attached hydrogen (secondary N) is 1. The lowest BCUT2D eigenvalue weighted by atomic mass is 9.92. The first kappa shape index (κ1) is 22.3. The van der Waals surface area contributed by atoms with Crippen LogP contribution < -0.4 is 10.1 Å². The van der Waals surface area contributed by atoms with Crippen molar-refractivity contribution in [3.05, 3.63) is 96.1 Å². The Kier molecular flexibility index (Phi) is 8.02. The van der Waals surface area contributed by atoms with Gasteiger partial charge in [-0.3, -0.25) is 4.79 Å². The molecule has 0 heterocycles. The van der Waals surface area contributed by atoms with Gasteiger partial charge in [0.05, 0.1) is 5.57 Å². The summed E-state index contributed by atoms with van der Waals surface area (Å²) in [6, 6.07) is 27.4. The predicted molar refractivity (Wildman–Crippen MR) is 129 cm³/mol. The Hall–Kier alpha value is -3.37. The molecule has 3 aromatic rings. The minimum absolute atomic E-state index is 0.117. The van der Waals surface area contributed by atoms with Gasteiger partial charge in [0.1, 0.15) is 12.4 Å². The molecule has 0 atom stereocenters. The molecule has 0 fully saturated rings. The van der Waals surface area contributed by atoms with Gasteiger partial charge in [0.2, 0.25) is 0 Å². The molecule has 3 aromatic carbocycles. The molecule has 160 valence electrons. The summed E-state index contributed by atoms with van der Waals surface area (Å²) in [6.07, 6.45) is 0.750. The molecular weight excluding hydrogens is 384 g/mol. The van der Waals surface area contributed by atoms with Crippen molar-refractivity contribution in [1.82, 2.24) is 4.90 Å². The summed E-state index contributed by atoms with van der Waals surface area (Å²) in [5.74, 6) is 0.672. The number of amides is 1. The lowest BCUT2D eigenvalue weighted by molar-refractivity contribution is -0.111. The summed E-state index contributed by atoms with van der Waals surface area (Å²) in [7, 11) is 4.03. The fourth-order valence-electron chi connectivity index (χ4n) is 3.39. The minimum Gasteiger partial charge on any atom is -0.492 e. The smallest absolute Gasteiger partial charge is 0.256 e. The van der Waals surface area contributed by atoms with Gasteiger partial charge in [0.15, 0.2) is 0 Å². The van der Waals surface area contributed by atoms with Crippen LogP contribution in [0.5, 0.6) is 5.75 Å². The van der Waals surface area contributed by atoms with Crippen LogP contribution in [0.3, 0.4) is 0 Å². The van der Waals surface area contributed by atoms with Crippen LogP contribution in [0.4, 0.5) is 5.69 Å². The van der Waals surface area contributed by atoms with Gasteiger partial charge in [-0.05, 0) is 61.5 Å². The summed E-state index contributed by atoms with van der Waals surface area (Å²) in [4.78, 5) is 15.5. The number of anilines is 1. The van der Waals surface area contributed by atoms with Gasteiger partial charge in [0.25, 0.3) is 5.91 Å². The number of carbonyl (C=O) groups is 1. The van der Waals surface area contributed by atoms with Gasteiger partial charge in [-0.2, -0.15) is 0 Å². The first-order valence-corrected chi connectivity index (χ1v) is 10.6. The van der Waals surface area contributed by atoms with Crippen LogP contribution >= 0.6 is 0 Å². The number of carbonyl (C=O) groups excluding carboxylic acids is 1. The van der Waals surface area contributed by atoms with Crippen LogP contribution in [0.25, 0.3) is 11.1 Å². The number of nitrogens with zero attached hydrogens (tertiary/aromatic N) is 1. The van der Waals surface area contributed by atoms with Gasteiger partial charge in [0, 0.05) is 12.2 Å². The highest BCUT2D eigenvalue weighted by atomic mass is 16.5. The maximum absolute atomic E-state index is 13.4. The van der Waals surface area contributed by atoms with Crippen LogP contribution in [-0.2, 0) is 4.79 Å². The monoisotopic (exact) mass is 414 g/mol. The van der Waals surface area contributed by atoms with E-state index in [9.17, 15) is 4.79 Å². The molecule has 0 aromatic heterocycles. The third kappa shape index (κ3) is 6.30. The molecule has 3 rings (SSSR count). The zero-order valence-corrected chi connectivity index (χ0v) is 18.5. The molecule has 0 saturated heterocycles. The second-order valence-corrected chi connectivity index (χ2v) is 7.57. The number of hydrogen-bond donors (Lipinski definition) is 1. The van der Waals surface area contributed by atoms with Gasteiger partial charge in [-0.1, -0.05) is 67.6 Å². The number of hydrogen-bond acceptors (Lipinski definition) is 3. The Labute approximate surface area is 185 Å². The largest absolute Gasteiger partial charge is 0.492 e. The van der Waals surface area contributed by atoms with Crippen molar-refractivity contribution in [2.45, 2.75) is 13.3 Å². The van der Waals surface area contributed by atoms with E-state index in [4.69, 9.17) is 4.74 Å². The van der Waals surface area contributed by atoms with Crippen LogP contribution in [0.2, 0.25) is 0 Å². The molecule has 0 radical (unpaired) electrons. The third-order valence-corrected chi connectivity index (χ3v) is 4.99. The molecule has 0 unspecified atom stereocenters. The lowest BCUT2D eigenvalue weighted by Crippen LogP contribution is -2.19. The summed E-state index contributed by atoms with van der Waals surface area (Å²) >= 11 is 0. The van der Waals surface area contributed by atoms with Crippen LogP contribution in [0, 0.1) is 0 Å². The second-order valence-electron chi connectivity index (χ2n) is 7.57. The average Bonchev–Trinajstić information content (AvgIpc) is 2.79. The molecule has 0 bridgehead atoms. The molecule has 0 aliphatic rings. The maximum Gasteiger partial charge on any atom is 0.256 e. The minimum atomic E-state index is -0.117. The van der Waals surface area contributed by atoms with Crippen molar-refractivity contribution in [1.29, 1.82) is 0 Å². The van der Waals surface area contributed by atoms with Gasteiger partial charge < -0.3 is 15.0 Å². The molecule has 31 heavy (non-hydrogen) atoms. The molecule has 0 saturated carbocycles. The van der Waals surface area contributed by atoms with Crippen molar-refractivity contribution in [2.24, 2.45) is 0 Å². The van der Waals surface area contributed by atoms with E-state index in [0.717, 1.165) is 41.1 Å². The van der Waals surface area contributed by atoms with Gasteiger partial charge in [-0.25, -0.2) is 0 Å². The fourth-order valence-corrected chi connectivity index (χ4v) is 3.39. The van der Waals surface area contributed by atoms with Crippen molar-refractivity contribution < 1.29 is 9.53 Å². The van der Waals surface area contributed by atoms with E-state index in [-0.39, 0.29) is 5.91 Å². The third-order valence-electron chi connectivity index (χ3n) is 4.99. The van der Waals surface area contributed by atoms with Crippen molar-refractivity contribution in [3.63, 3.8) is 0 Å². The zero-order valence-electron chi connectivity index (χ0n) is 18.5. The number of allylic oxidation sites excluding steroid dienone is 1. The predicted octanol–water partition coefficient (Wildman–Crippen LogP) is 5.59. The summed E-state index contributed by atoms with van der Waals surface area (Å²) < 4.78 is 5.74. The lowest BCUT2D eigenvalue weighted by Gasteiger charge is -2.16. The normalized spacial score (nSPS) is 11.7. The maximum atomic E-state index is 13.4. The Bertz CT molecular complexity index is 994. The van der Waals surface area contributed by atoms with Gasteiger partial charge >= 0.3 is 0 Å². The molecule has 1 amide bonds. The first-order chi connectivity index (χ1) is 15.1. The SMILES string of the molecule is CC/C(=C(\C(=O)Nc1ccc(OCCN(C)C)cc1)c1ccccc1)c1ccccc1. The van der Waals surface area contributed by atoms with Gasteiger partial charge in [-0.15, -0.1) is 0 Å². The Balaban J connectivity index is 1.85. The molecule has 0 spiro atoms. The molecule has 4 heteroatoms. The molecular formula is C27H30N2O2. The molecule has 1 N–H and O–H groups in total. The highest BCUT2D eigenvalue weighted by Gasteiger charge is 2.18. The van der Waals surface area contributed by atoms with Crippen molar-refractivity contribution in [2.75, 3.05) is 32.6 Å². The Morgan fingerprint density at radius 2 is 1.42 bits per heavy atom. The summed E-state index contributed by atoms with van der Waals surface area (Å²) in [6.45, 7) is 3.55. The van der Waals surface area contributed by atoms with E-state index in [1.807, 2.05) is 86.9 Å². The zero-order chi connectivity index (χ0) is 22.1. The Morgan fingerprint density at radius 1 is 0.839 bits per heavy atom. The van der Waals surface area contributed by atoms with E-state index in [2.05, 4.69) is 29.3 Å². The first-order valence-electron chi connectivity index (χ1n) is 10.6. The number of benzene rings is 3. The van der Waals surface area contributed by atoms with E-state index in [1.165, 1.54) is 0 Å². The number of ether oxygens (including phenoxy) is 1. The van der Waals surface area contributed by atoms with E-state index >= 15 is 0 Å². The summed E-state index contributed by atoms with van der Waals surface area (Å²) in [5.41, 5.74) is 4.42. The standard InChI is InChI=1S/C27H30N2O2/c1-4-25(21-11-7-5-8-12-21)26(22-13-9-6-10-14-22)27(30)28-23-15-17-24(18-16-23)31-20-19-29(2)3/h5-18H,4,19-20H2,1-3H3,(H,28,30)/b26-25+. The van der Waals surface area contributed by atoms with E-state index in [0.29, 0.717) is 12.2 Å². The Morgan fingerprint density at radius 3 is 1.97 bits per heavy atom. The molecule has 0 aliphatic heterocycles. The van der Waals surface area contributed by atoms with E-state index < -0.39 is 0 Å². The van der Waals surface area contributed by atoms with Crippen LogP contribution in [-0.4, -0.2) is 38.1 Å². The number of likely N-dealkylation sites (N-methyl/N-ethyl adjacent to an activating group) is 1. The second kappa shape index (κ2) is 11.1. The summed E-state index contributed by atoms with van der Waals surface area (Å²) in [5, 5.41) is 3.07. The average molecular weight is 415 g/mol.